The van der Waals surface area contributed by atoms with Gasteiger partial charge in [-0.15, -0.1) is 0 Å². The Labute approximate surface area is 198 Å². The van der Waals surface area contributed by atoms with Gasteiger partial charge in [0.2, 0.25) is 0 Å². The van der Waals surface area contributed by atoms with Gasteiger partial charge in [-0.3, -0.25) is 0 Å². The van der Waals surface area contributed by atoms with Gasteiger partial charge in [0.15, 0.2) is 0 Å². The standard InChI is InChI=1S/C24H24BrN5O3/c1-23(11-33-13-3-2-12-8-14(25)22(27)29-16(12)9-13)18-10-24(18,21(32)20(23)31)19-5-4-17-15(26)6-7-28-30(17)19/h2-9,18,20-21,31-32H,10-11,26H2,1H3,(H2,27,29)/t18-,20-,21+,23-,24+/m0/s1. The fourth-order valence-electron chi connectivity index (χ4n) is 5.75. The molecule has 2 fully saturated rings. The van der Waals surface area contributed by atoms with Crippen LogP contribution in [0.15, 0.2) is 53.1 Å². The second kappa shape index (κ2) is 6.82. The largest absolute Gasteiger partial charge is 0.493 e. The fraction of sp³-hybridized carbons (Fsp3) is 0.333. The molecule has 2 aliphatic carbocycles. The van der Waals surface area contributed by atoms with Crippen LogP contribution in [0.3, 0.4) is 0 Å². The number of hydrogen-bond acceptors (Lipinski definition) is 7. The first-order valence-electron chi connectivity index (χ1n) is 10.8. The molecule has 6 rings (SSSR count). The van der Waals surface area contributed by atoms with Gasteiger partial charge in [-0.25, -0.2) is 9.50 Å². The van der Waals surface area contributed by atoms with Gasteiger partial charge >= 0.3 is 0 Å². The molecule has 0 bridgehead atoms. The Morgan fingerprint density at radius 3 is 2.79 bits per heavy atom. The Balaban J connectivity index is 1.30. The summed E-state index contributed by atoms with van der Waals surface area (Å²) >= 11 is 3.40. The lowest BCUT2D eigenvalue weighted by Crippen LogP contribution is -2.43. The van der Waals surface area contributed by atoms with Crippen LogP contribution in [0.25, 0.3) is 16.4 Å². The number of aromatic nitrogens is 3. The number of benzene rings is 1. The van der Waals surface area contributed by atoms with Crippen LogP contribution in [0.1, 0.15) is 19.0 Å². The van der Waals surface area contributed by atoms with E-state index >= 15 is 0 Å². The number of halogens is 1. The van der Waals surface area contributed by atoms with E-state index in [1.165, 1.54) is 0 Å². The second-order valence-electron chi connectivity index (χ2n) is 9.49. The molecule has 4 aromatic rings. The molecule has 5 atom stereocenters. The lowest BCUT2D eigenvalue weighted by atomic mass is 9.83. The molecule has 3 heterocycles. The van der Waals surface area contributed by atoms with Crippen molar-refractivity contribution in [2.75, 3.05) is 18.1 Å². The molecule has 8 nitrogen and oxygen atoms in total. The second-order valence-corrected chi connectivity index (χ2v) is 10.3. The molecular formula is C24H24BrN5O3. The van der Waals surface area contributed by atoms with Crippen LogP contribution in [0, 0.1) is 11.3 Å². The first-order chi connectivity index (χ1) is 15.8. The average molecular weight is 510 g/mol. The molecule has 6 N–H and O–H groups in total. The van der Waals surface area contributed by atoms with Gasteiger partial charge in [0.1, 0.15) is 11.6 Å². The summed E-state index contributed by atoms with van der Waals surface area (Å²) in [4.78, 5) is 4.41. The van der Waals surface area contributed by atoms with Crippen molar-refractivity contribution in [3.05, 3.63) is 58.8 Å². The number of rotatable bonds is 4. The molecule has 0 radical (unpaired) electrons. The van der Waals surface area contributed by atoms with E-state index in [4.69, 9.17) is 16.2 Å². The van der Waals surface area contributed by atoms with E-state index in [1.807, 2.05) is 43.3 Å². The smallest absolute Gasteiger partial charge is 0.138 e. The number of fused-ring (bicyclic) bond motifs is 3. The number of anilines is 2. The Hall–Kier alpha value is -2.88. The predicted octanol–water partition coefficient (Wildman–Crippen LogP) is 2.89. The lowest BCUT2D eigenvalue weighted by molar-refractivity contribution is -0.0569. The highest BCUT2D eigenvalue weighted by Crippen LogP contribution is 2.71. The number of nitrogens with two attached hydrogens (primary N) is 2. The van der Waals surface area contributed by atoms with Gasteiger partial charge in [0, 0.05) is 28.5 Å². The number of nitrogen functional groups attached to an aromatic ring is 2. The minimum atomic E-state index is -0.937. The van der Waals surface area contributed by atoms with Crippen molar-refractivity contribution >= 4 is 43.9 Å². The number of nitrogens with zero attached hydrogens (tertiary/aromatic N) is 3. The first kappa shape index (κ1) is 20.7. The first-order valence-corrected chi connectivity index (χ1v) is 11.6. The third kappa shape index (κ3) is 2.76. The maximum Gasteiger partial charge on any atom is 0.138 e. The molecule has 2 saturated carbocycles. The van der Waals surface area contributed by atoms with Crippen LogP contribution in [-0.4, -0.2) is 43.6 Å². The molecule has 1 aromatic carbocycles. The van der Waals surface area contributed by atoms with Crippen molar-refractivity contribution < 1.29 is 14.9 Å². The van der Waals surface area contributed by atoms with Crippen molar-refractivity contribution in [2.45, 2.75) is 31.0 Å². The third-order valence-corrected chi connectivity index (χ3v) is 8.32. The molecule has 9 heteroatoms. The van der Waals surface area contributed by atoms with E-state index in [0.717, 1.165) is 33.0 Å². The van der Waals surface area contributed by atoms with Crippen LogP contribution >= 0.6 is 15.9 Å². The summed E-state index contributed by atoms with van der Waals surface area (Å²) in [5.74, 6) is 1.10. The van der Waals surface area contributed by atoms with E-state index in [1.54, 1.807) is 16.8 Å². The van der Waals surface area contributed by atoms with E-state index in [2.05, 4.69) is 26.0 Å². The minimum absolute atomic E-state index is 0.0431. The van der Waals surface area contributed by atoms with Gasteiger partial charge < -0.3 is 26.4 Å². The highest BCUT2D eigenvalue weighted by molar-refractivity contribution is 9.10. The van der Waals surface area contributed by atoms with Crippen LogP contribution in [0.2, 0.25) is 0 Å². The van der Waals surface area contributed by atoms with E-state index in [9.17, 15) is 10.2 Å². The zero-order valence-electron chi connectivity index (χ0n) is 17.9. The molecule has 3 aromatic heterocycles. The maximum absolute atomic E-state index is 11.2. The van der Waals surface area contributed by atoms with Gasteiger partial charge in [-0.2, -0.15) is 5.10 Å². The van der Waals surface area contributed by atoms with Gasteiger partial charge in [0.05, 0.1) is 45.7 Å². The Morgan fingerprint density at radius 2 is 1.97 bits per heavy atom. The summed E-state index contributed by atoms with van der Waals surface area (Å²) in [6, 6.07) is 13.2. The van der Waals surface area contributed by atoms with Crippen molar-refractivity contribution in [3.8, 4) is 5.75 Å². The van der Waals surface area contributed by atoms with Gasteiger partial charge in [-0.05, 0) is 64.7 Å². The quantitative estimate of drug-likeness (QED) is 0.332. The normalized spacial score (nSPS) is 30.6. The number of aliphatic hydroxyl groups excluding tert-OH is 2. The van der Waals surface area contributed by atoms with Crippen molar-refractivity contribution in [2.24, 2.45) is 11.3 Å². The Bertz CT molecular complexity index is 1420. The molecule has 0 unspecified atom stereocenters. The molecule has 170 valence electrons. The van der Waals surface area contributed by atoms with Crippen LogP contribution in [0.4, 0.5) is 11.5 Å². The van der Waals surface area contributed by atoms with Crippen LogP contribution in [-0.2, 0) is 5.41 Å². The summed E-state index contributed by atoms with van der Waals surface area (Å²) in [5, 5.41) is 27.7. The van der Waals surface area contributed by atoms with E-state index < -0.39 is 23.0 Å². The van der Waals surface area contributed by atoms with Gasteiger partial charge in [-0.1, -0.05) is 6.92 Å². The molecule has 2 aliphatic rings. The SMILES string of the molecule is C[C@@]1(COc2ccc3cc(Br)c(N)nc3c2)[C@@H](O)[C@@H](O)[C@]2(c3ccc4c(N)ccnn34)C[C@@H]12. The summed E-state index contributed by atoms with van der Waals surface area (Å²) in [6.45, 7) is 2.24. The Kier molecular flexibility index (Phi) is 4.28. The zero-order chi connectivity index (χ0) is 23.1. The summed E-state index contributed by atoms with van der Waals surface area (Å²) in [7, 11) is 0. The summed E-state index contributed by atoms with van der Waals surface area (Å²) in [5.41, 5.74) is 13.9. The zero-order valence-corrected chi connectivity index (χ0v) is 19.5. The third-order valence-electron chi connectivity index (χ3n) is 7.69. The number of ether oxygens (including phenoxy) is 1. The maximum atomic E-state index is 11.2. The summed E-state index contributed by atoms with van der Waals surface area (Å²) in [6.07, 6.45) is 0.539. The highest BCUT2D eigenvalue weighted by atomic mass is 79.9. The number of hydrogen-bond donors (Lipinski definition) is 4. The highest BCUT2D eigenvalue weighted by Gasteiger charge is 2.77. The average Bonchev–Trinajstić information content (AvgIpc) is 3.36. The molecule has 0 aliphatic heterocycles. The van der Waals surface area contributed by atoms with Crippen molar-refractivity contribution in [1.29, 1.82) is 0 Å². The molecule has 0 saturated heterocycles. The topological polar surface area (TPSA) is 132 Å². The minimum Gasteiger partial charge on any atom is -0.493 e. The molecule has 33 heavy (non-hydrogen) atoms. The lowest BCUT2D eigenvalue weighted by Gasteiger charge is -2.32. The Morgan fingerprint density at radius 1 is 1.15 bits per heavy atom. The predicted molar refractivity (Wildman–Crippen MR) is 129 cm³/mol. The molecule has 0 spiro atoms. The van der Waals surface area contributed by atoms with E-state index in [0.29, 0.717) is 17.3 Å². The monoisotopic (exact) mass is 509 g/mol. The summed E-state index contributed by atoms with van der Waals surface area (Å²) < 4.78 is 8.69. The number of pyridine rings is 1. The van der Waals surface area contributed by atoms with E-state index in [-0.39, 0.29) is 12.5 Å². The van der Waals surface area contributed by atoms with Crippen molar-refractivity contribution in [1.82, 2.24) is 14.6 Å². The number of aliphatic hydroxyl groups is 2. The van der Waals surface area contributed by atoms with Gasteiger partial charge in [0.25, 0.3) is 0 Å². The van der Waals surface area contributed by atoms with Crippen molar-refractivity contribution in [3.63, 3.8) is 0 Å². The van der Waals surface area contributed by atoms with Crippen LogP contribution < -0.4 is 16.2 Å². The fourth-order valence-corrected chi connectivity index (χ4v) is 6.09. The molecule has 0 amide bonds. The molecular weight excluding hydrogens is 486 g/mol. The van der Waals surface area contributed by atoms with Crippen LogP contribution in [0.5, 0.6) is 5.75 Å².